The lowest BCUT2D eigenvalue weighted by Gasteiger charge is -2.38. The number of halogens is 3. The second kappa shape index (κ2) is 11.0. The zero-order chi connectivity index (χ0) is 29.7. The highest BCUT2D eigenvalue weighted by Gasteiger charge is 2.43. The molecule has 4 aromatic rings. The Morgan fingerprint density at radius 1 is 1.05 bits per heavy atom. The highest BCUT2D eigenvalue weighted by molar-refractivity contribution is 7.14. The van der Waals surface area contributed by atoms with Crippen molar-refractivity contribution in [3.63, 3.8) is 0 Å². The Morgan fingerprint density at radius 3 is 2.44 bits per heavy atom. The molecule has 3 fully saturated rings. The number of carboxylic acids is 1. The van der Waals surface area contributed by atoms with Crippen LogP contribution in [0.3, 0.4) is 0 Å². The number of fused-ring (bicyclic) bond motifs is 2. The van der Waals surface area contributed by atoms with Gasteiger partial charge in [0.25, 0.3) is 0 Å². The van der Waals surface area contributed by atoms with Crippen LogP contribution in [0.5, 0.6) is 5.75 Å². The van der Waals surface area contributed by atoms with Crippen LogP contribution in [0.15, 0.2) is 58.4 Å². The predicted octanol–water partition coefficient (Wildman–Crippen LogP) is 7.66. The maximum Gasteiger partial charge on any atom is 0.573 e. The van der Waals surface area contributed by atoms with Gasteiger partial charge in [0.05, 0.1) is 24.0 Å². The standard InChI is InChI=1S/C31H28F3N3O5S/c32-31(33,34)41-26-4-2-1-3-23(26)27-24(28(42-36-27)18-7-8-18)15-40-22-13-20-11-12-21(14-22)37(20)30-35-25(16-43-30)17-5-9-19(10-6-17)29(38)39/h1-6,9-10,16,18,20-22H,7-8,11-15H2,(H,38,39)/t20-,21+,22-. The van der Waals surface area contributed by atoms with Gasteiger partial charge < -0.3 is 24.0 Å². The van der Waals surface area contributed by atoms with E-state index in [0.29, 0.717) is 17.0 Å². The Hall–Kier alpha value is -3.90. The molecule has 2 bridgehead atoms. The summed E-state index contributed by atoms with van der Waals surface area (Å²) in [7, 11) is 0. The molecule has 2 aromatic carbocycles. The number of para-hydroxylation sites is 1. The van der Waals surface area contributed by atoms with Crippen LogP contribution in [0, 0.1) is 0 Å². The first-order valence-electron chi connectivity index (χ1n) is 14.3. The third-order valence-corrected chi connectivity index (χ3v) is 9.28. The first-order chi connectivity index (χ1) is 20.7. The summed E-state index contributed by atoms with van der Waals surface area (Å²) < 4.78 is 55.8. The van der Waals surface area contributed by atoms with Gasteiger partial charge in [-0.15, -0.1) is 24.5 Å². The second-order valence-electron chi connectivity index (χ2n) is 11.3. The maximum absolute atomic E-state index is 13.1. The first kappa shape index (κ1) is 27.9. The second-order valence-corrected chi connectivity index (χ2v) is 12.1. The van der Waals surface area contributed by atoms with Crippen LogP contribution >= 0.6 is 11.3 Å². The van der Waals surface area contributed by atoms with Crippen LogP contribution in [0.2, 0.25) is 0 Å². The number of aromatic nitrogens is 2. The molecule has 3 atom stereocenters. The van der Waals surface area contributed by atoms with Crippen molar-refractivity contribution in [3.8, 4) is 28.3 Å². The maximum atomic E-state index is 13.1. The molecule has 224 valence electrons. The van der Waals surface area contributed by atoms with Gasteiger partial charge in [-0.2, -0.15) is 0 Å². The lowest BCUT2D eigenvalue weighted by atomic mass is 10.00. The minimum atomic E-state index is -4.83. The van der Waals surface area contributed by atoms with E-state index in [9.17, 15) is 23.1 Å². The average molecular weight is 612 g/mol. The van der Waals surface area contributed by atoms with Crippen molar-refractivity contribution in [2.75, 3.05) is 4.90 Å². The molecule has 12 heteroatoms. The molecule has 0 amide bonds. The topological polar surface area (TPSA) is 97.9 Å². The largest absolute Gasteiger partial charge is 0.573 e. The lowest BCUT2D eigenvalue weighted by Crippen LogP contribution is -2.45. The fraction of sp³-hybridized carbons (Fsp3) is 0.387. The summed E-state index contributed by atoms with van der Waals surface area (Å²) in [6, 6.07) is 13.2. The normalized spacial score (nSPS) is 21.7. The fourth-order valence-electron chi connectivity index (χ4n) is 6.29. The number of piperidine rings is 1. The number of anilines is 1. The average Bonchev–Trinajstić information content (AvgIpc) is 3.44. The van der Waals surface area contributed by atoms with E-state index in [-0.39, 0.29) is 47.6 Å². The van der Waals surface area contributed by atoms with Gasteiger partial charge in [-0.3, -0.25) is 0 Å². The lowest BCUT2D eigenvalue weighted by molar-refractivity contribution is -0.274. The minimum absolute atomic E-state index is 0.0202. The molecule has 4 heterocycles. The number of aromatic carboxylic acids is 1. The number of benzene rings is 2. The summed E-state index contributed by atoms with van der Waals surface area (Å²) >= 11 is 1.58. The molecule has 7 rings (SSSR count). The molecule has 8 nitrogen and oxygen atoms in total. The number of carboxylic acid groups (broad SMARTS) is 1. The number of alkyl halides is 3. The quantitative estimate of drug-likeness (QED) is 0.206. The number of carbonyl (C=O) groups is 1. The van der Waals surface area contributed by atoms with Gasteiger partial charge in [-0.05, 0) is 62.8 Å². The zero-order valence-corrected chi connectivity index (χ0v) is 23.7. The van der Waals surface area contributed by atoms with E-state index >= 15 is 0 Å². The molecule has 2 saturated heterocycles. The van der Waals surface area contributed by atoms with Crippen LogP contribution in [0.1, 0.15) is 66.1 Å². The van der Waals surface area contributed by atoms with Crippen LogP contribution in [0.25, 0.3) is 22.5 Å². The van der Waals surface area contributed by atoms with Crippen LogP contribution in [0.4, 0.5) is 18.3 Å². The van der Waals surface area contributed by atoms with Crippen molar-refractivity contribution in [2.24, 2.45) is 0 Å². The number of hydrogen-bond acceptors (Lipinski definition) is 8. The van der Waals surface area contributed by atoms with E-state index in [1.807, 2.05) is 5.38 Å². The third-order valence-electron chi connectivity index (χ3n) is 8.43. The summed E-state index contributed by atoms with van der Waals surface area (Å²) in [5, 5.41) is 16.3. The monoisotopic (exact) mass is 611 g/mol. The van der Waals surface area contributed by atoms with Gasteiger partial charge in [-0.25, -0.2) is 9.78 Å². The molecule has 2 aromatic heterocycles. The van der Waals surface area contributed by atoms with Crippen LogP contribution in [-0.4, -0.2) is 45.8 Å². The Morgan fingerprint density at radius 2 is 1.77 bits per heavy atom. The van der Waals surface area contributed by atoms with Gasteiger partial charge in [-0.1, -0.05) is 29.4 Å². The fourth-order valence-corrected chi connectivity index (χ4v) is 7.27. The molecule has 3 aliphatic rings. The molecular formula is C31H28F3N3O5S. The SMILES string of the molecule is O=C(O)c1ccc(-c2csc(N3[C@@H]4CC[C@H]3C[C@H](OCc3c(-c5ccccc5OC(F)(F)F)noc3C3CC3)C4)n2)cc1. The predicted molar refractivity (Wildman–Crippen MR) is 152 cm³/mol. The van der Waals surface area contributed by atoms with Gasteiger partial charge in [0, 0.05) is 40.1 Å². The van der Waals surface area contributed by atoms with E-state index in [1.165, 1.54) is 12.1 Å². The van der Waals surface area contributed by atoms with Crippen molar-refractivity contribution in [2.45, 2.75) is 75.6 Å². The van der Waals surface area contributed by atoms with Crippen LogP contribution in [-0.2, 0) is 11.3 Å². The molecular weight excluding hydrogens is 583 g/mol. The van der Waals surface area contributed by atoms with Gasteiger partial charge in [0.2, 0.25) is 0 Å². The van der Waals surface area contributed by atoms with E-state index in [2.05, 4.69) is 14.8 Å². The molecule has 1 N–H and O–H groups in total. The molecule has 0 radical (unpaired) electrons. The van der Waals surface area contributed by atoms with Gasteiger partial charge in [0.1, 0.15) is 17.2 Å². The number of thiazole rings is 1. The summed E-state index contributed by atoms with van der Waals surface area (Å²) in [5.41, 5.74) is 3.16. The Labute approximate surface area is 249 Å². The van der Waals surface area contributed by atoms with E-state index in [0.717, 1.165) is 54.9 Å². The molecule has 43 heavy (non-hydrogen) atoms. The number of nitrogens with zero attached hydrogens (tertiary/aromatic N) is 3. The molecule has 2 aliphatic heterocycles. The van der Waals surface area contributed by atoms with Crippen molar-refractivity contribution < 1.29 is 37.1 Å². The minimum Gasteiger partial charge on any atom is -0.478 e. The first-order valence-corrected chi connectivity index (χ1v) is 15.1. The third kappa shape index (κ3) is 5.73. The van der Waals surface area contributed by atoms with Gasteiger partial charge in [0.15, 0.2) is 5.13 Å². The highest BCUT2D eigenvalue weighted by Crippen LogP contribution is 2.47. The molecule has 0 unspecified atom stereocenters. The van der Waals surface area contributed by atoms with E-state index < -0.39 is 12.3 Å². The smallest absolute Gasteiger partial charge is 0.478 e. The van der Waals surface area contributed by atoms with Crippen molar-refractivity contribution in [1.29, 1.82) is 0 Å². The van der Waals surface area contributed by atoms with E-state index in [4.69, 9.17) is 14.2 Å². The zero-order valence-electron chi connectivity index (χ0n) is 22.9. The Kier molecular flexibility index (Phi) is 7.13. The summed E-state index contributed by atoms with van der Waals surface area (Å²) in [6.45, 7) is 0.197. The Bertz CT molecular complexity index is 1620. The molecule has 1 aliphatic carbocycles. The highest BCUT2D eigenvalue weighted by atomic mass is 32.1. The van der Waals surface area contributed by atoms with Crippen molar-refractivity contribution in [1.82, 2.24) is 10.1 Å². The molecule has 1 saturated carbocycles. The Balaban J connectivity index is 1.06. The van der Waals surface area contributed by atoms with Crippen LogP contribution < -0.4 is 9.64 Å². The van der Waals surface area contributed by atoms with Gasteiger partial charge >= 0.3 is 12.3 Å². The van der Waals surface area contributed by atoms with Crippen molar-refractivity contribution in [3.05, 3.63) is 70.8 Å². The molecule has 0 spiro atoms. The van der Waals surface area contributed by atoms with Crippen molar-refractivity contribution >= 4 is 22.4 Å². The summed E-state index contributed by atoms with van der Waals surface area (Å²) in [6.07, 6.45) is 0.730. The summed E-state index contributed by atoms with van der Waals surface area (Å²) in [4.78, 5) is 18.5. The number of hydrogen-bond donors (Lipinski definition) is 1. The summed E-state index contributed by atoms with van der Waals surface area (Å²) in [5.74, 6) is -0.396. The number of rotatable bonds is 9. The van der Waals surface area contributed by atoms with E-state index in [1.54, 1.807) is 47.7 Å². The number of ether oxygens (including phenoxy) is 2.